The molecule has 16 heavy (non-hydrogen) atoms. The number of nitrogens with one attached hydrogen (secondary N) is 2. The number of rotatable bonds is 6. The molecule has 2 atom stereocenters. The van der Waals surface area contributed by atoms with Gasteiger partial charge in [-0.2, -0.15) is 0 Å². The molecule has 0 saturated carbocycles. The molecule has 98 valence electrons. The zero-order valence-corrected chi connectivity index (χ0v) is 11.2. The van der Waals surface area contributed by atoms with Gasteiger partial charge in [-0.05, 0) is 33.5 Å². The molecule has 0 aromatic heterocycles. The van der Waals surface area contributed by atoms with Crippen LogP contribution in [0.1, 0.15) is 26.7 Å². The first kappa shape index (κ1) is 15.8. The molecule has 2 N–H and O–H groups in total. The molecule has 4 heteroatoms. The fraction of sp³-hybridized carbons (Fsp3) is 1.00. The number of likely N-dealkylation sites (N-methyl/N-ethyl adjacent to an activating group) is 2. The Morgan fingerprint density at radius 1 is 1.38 bits per heavy atom. The minimum absolute atomic E-state index is 0.391. The normalized spacial score (nSPS) is 24.4. The van der Waals surface area contributed by atoms with Crippen LogP contribution in [-0.4, -0.2) is 57.4 Å². The highest BCUT2D eigenvalue weighted by molar-refractivity contribution is 4.81. The maximum atomic E-state index is 12.8. The van der Waals surface area contributed by atoms with Gasteiger partial charge in [0.15, 0.2) is 0 Å². The van der Waals surface area contributed by atoms with E-state index in [-0.39, 0.29) is 0 Å². The number of nitrogens with zero attached hydrogens (tertiary/aromatic N) is 1. The summed E-state index contributed by atoms with van der Waals surface area (Å²) in [5.41, 5.74) is 0. The summed E-state index contributed by atoms with van der Waals surface area (Å²) < 4.78 is 12.8. The molecule has 1 aliphatic rings. The van der Waals surface area contributed by atoms with Crippen molar-refractivity contribution in [2.45, 2.75) is 38.9 Å². The van der Waals surface area contributed by atoms with Crippen LogP contribution >= 0.6 is 0 Å². The van der Waals surface area contributed by atoms with Gasteiger partial charge in [-0.1, -0.05) is 13.8 Å². The van der Waals surface area contributed by atoms with Gasteiger partial charge in [0.2, 0.25) is 0 Å². The zero-order valence-electron chi connectivity index (χ0n) is 11.2. The summed E-state index contributed by atoms with van der Waals surface area (Å²) in [6.45, 7) is 7.67. The molecular formula is C12H28FN3. The standard InChI is InChI=1S/C10H22FN3.C2H6/c1-12-4-6-14(2)5-3-10-7-9(11)8-13-10;1-2/h9-10,12-13H,3-8H2,1-2H3;1-2H3. The van der Waals surface area contributed by atoms with Crippen LogP contribution in [0.5, 0.6) is 0 Å². The minimum atomic E-state index is -0.623. The Morgan fingerprint density at radius 2 is 2.06 bits per heavy atom. The third kappa shape index (κ3) is 7.14. The van der Waals surface area contributed by atoms with Crippen LogP contribution in [0.4, 0.5) is 4.39 Å². The molecule has 0 aromatic carbocycles. The number of hydrogen-bond acceptors (Lipinski definition) is 3. The summed E-state index contributed by atoms with van der Waals surface area (Å²) in [6, 6.07) is 0.391. The molecule has 3 nitrogen and oxygen atoms in total. The van der Waals surface area contributed by atoms with Crippen molar-refractivity contribution in [2.75, 3.05) is 40.3 Å². The molecule has 1 heterocycles. The van der Waals surface area contributed by atoms with E-state index >= 15 is 0 Å². The monoisotopic (exact) mass is 233 g/mol. The molecular weight excluding hydrogens is 205 g/mol. The Balaban J connectivity index is 0.00000106. The molecule has 1 rings (SSSR count). The molecule has 0 spiro atoms. The van der Waals surface area contributed by atoms with Gasteiger partial charge >= 0.3 is 0 Å². The topological polar surface area (TPSA) is 27.3 Å². The van der Waals surface area contributed by atoms with Crippen molar-refractivity contribution in [1.29, 1.82) is 0 Å². The van der Waals surface area contributed by atoms with Crippen molar-refractivity contribution < 1.29 is 4.39 Å². The average molecular weight is 233 g/mol. The van der Waals surface area contributed by atoms with E-state index in [0.29, 0.717) is 19.0 Å². The predicted molar refractivity (Wildman–Crippen MR) is 68.7 cm³/mol. The van der Waals surface area contributed by atoms with E-state index in [2.05, 4.69) is 22.6 Å². The van der Waals surface area contributed by atoms with E-state index in [1.807, 2.05) is 20.9 Å². The second kappa shape index (κ2) is 10.00. The maximum absolute atomic E-state index is 12.8. The van der Waals surface area contributed by atoms with Crippen LogP contribution in [0, 0.1) is 0 Å². The van der Waals surface area contributed by atoms with E-state index in [4.69, 9.17) is 0 Å². The Hall–Kier alpha value is -0.190. The first-order chi connectivity index (χ1) is 7.72. The Bertz CT molecular complexity index is 155. The van der Waals surface area contributed by atoms with Crippen molar-refractivity contribution in [3.8, 4) is 0 Å². The zero-order chi connectivity index (χ0) is 12.4. The Kier molecular flexibility index (Phi) is 9.88. The fourth-order valence-corrected chi connectivity index (χ4v) is 1.78. The summed E-state index contributed by atoms with van der Waals surface area (Å²) >= 11 is 0. The van der Waals surface area contributed by atoms with E-state index in [1.54, 1.807) is 0 Å². The molecule has 2 unspecified atom stereocenters. The van der Waals surface area contributed by atoms with Gasteiger partial charge in [0.05, 0.1) is 0 Å². The summed E-state index contributed by atoms with van der Waals surface area (Å²) in [7, 11) is 4.07. The lowest BCUT2D eigenvalue weighted by molar-refractivity contribution is 0.307. The van der Waals surface area contributed by atoms with Crippen LogP contribution in [0.15, 0.2) is 0 Å². The van der Waals surface area contributed by atoms with Gasteiger partial charge in [0.25, 0.3) is 0 Å². The molecule has 0 amide bonds. The van der Waals surface area contributed by atoms with E-state index in [0.717, 1.165) is 26.1 Å². The molecule has 0 aromatic rings. The second-order valence-electron chi connectivity index (χ2n) is 4.13. The van der Waals surface area contributed by atoms with Crippen LogP contribution < -0.4 is 10.6 Å². The smallest absolute Gasteiger partial charge is 0.114 e. The van der Waals surface area contributed by atoms with Crippen molar-refractivity contribution in [1.82, 2.24) is 15.5 Å². The third-order valence-corrected chi connectivity index (χ3v) is 2.77. The summed E-state index contributed by atoms with van der Waals surface area (Å²) in [5, 5.41) is 6.32. The highest BCUT2D eigenvalue weighted by atomic mass is 19.1. The van der Waals surface area contributed by atoms with Gasteiger partial charge in [-0.15, -0.1) is 0 Å². The van der Waals surface area contributed by atoms with Gasteiger partial charge in [0, 0.05) is 25.7 Å². The number of halogens is 1. The SMILES string of the molecule is CC.CNCCN(C)CCC1CC(F)CN1. The van der Waals surface area contributed by atoms with Crippen molar-refractivity contribution in [3.63, 3.8) is 0 Å². The molecule has 0 aliphatic carbocycles. The second-order valence-corrected chi connectivity index (χ2v) is 4.13. The molecule has 0 radical (unpaired) electrons. The first-order valence-corrected chi connectivity index (χ1v) is 6.43. The maximum Gasteiger partial charge on any atom is 0.114 e. The summed E-state index contributed by atoms with van der Waals surface area (Å²) in [4.78, 5) is 2.28. The van der Waals surface area contributed by atoms with Crippen molar-refractivity contribution in [3.05, 3.63) is 0 Å². The summed E-state index contributed by atoms with van der Waals surface area (Å²) in [6.07, 6.45) is 1.13. The molecule has 0 bridgehead atoms. The van der Waals surface area contributed by atoms with Crippen LogP contribution in [0.2, 0.25) is 0 Å². The van der Waals surface area contributed by atoms with E-state index in [1.165, 1.54) is 0 Å². The largest absolute Gasteiger partial charge is 0.318 e. The van der Waals surface area contributed by atoms with Crippen LogP contribution in [-0.2, 0) is 0 Å². The van der Waals surface area contributed by atoms with Gasteiger partial charge in [-0.3, -0.25) is 0 Å². The van der Waals surface area contributed by atoms with E-state index in [9.17, 15) is 4.39 Å². The molecule has 1 saturated heterocycles. The van der Waals surface area contributed by atoms with E-state index < -0.39 is 6.17 Å². The fourth-order valence-electron chi connectivity index (χ4n) is 1.78. The molecule has 1 fully saturated rings. The number of hydrogen-bond donors (Lipinski definition) is 2. The van der Waals surface area contributed by atoms with Crippen LogP contribution in [0.25, 0.3) is 0 Å². The number of alkyl halides is 1. The summed E-state index contributed by atoms with van der Waals surface area (Å²) in [5.74, 6) is 0. The predicted octanol–water partition coefficient (Wildman–Crippen LogP) is 1.25. The Labute approximate surface area is 99.8 Å². The van der Waals surface area contributed by atoms with Gasteiger partial charge in [0.1, 0.15) is 6.17 Å². The lowest BCUT2D eigenvalue weighted by atomic mass is 10.1. The van der Waals surface area contributed by atoms with Crippen molar-refractivity contribution in [2.24, 2.45) is 0 Å². The third-order valence-electron chi connectivity index (χ3n) is 2.77. The lowest BCUT2D eigenvalue weighted by Crippen LogP contribution is -2.32. The first-order valence-electron chi connectivity index (χ1n) is 6.43. The highest BCUT2D eigenvalue weighted by Crippen LogP contribution is 2.12. The van der Waals surface area contributed by atoms with Crippen LogP contribution in [0.3, 0.4) is 0 Å². The quantitative estimate of drug-likeness (QED) is 0.723. The minimum Gasteiger partial charge on any atom is -0.318 e. The van der Waals surface area contributed by atoms with Gasteiger partial charge in [-0.25, -0.2) is 4.39 Å². The van der Waals surface area contributed by atoms with Gasteiger partial charge < -0.3 is 15.5 Å². The average Bonchev–Trinajstić information content (AvgIpc) is 2.72. The molecule has 1 aliphatic heterocycles. The lowest BCUT2D eigenvalue weighted by Gasteiger charge is -2.18. The van der Waals surface area contributed by atoms with Crippen molar-refractivity contribution >= 4 is 0 Å². The Morgan fingerprint density at radius 3 is 2.56 bits per heavy atom. The highest BCUT2D eigenvalue weighted by Gasteiger charge is 2.22.